The summed E-state index contributed by atoms with van der Waals surface area (Å²) in [6.45, 7) is 0.566. The maximum Gasteiger partial charge on any atom is 0.239 e. The van der Waals surface area contributed by atoms with E-state index >= 15 is 0 Å². The monoisotopic (exact) mass is 386 g/mol. The van der Waals surface area contributed by atoms with Crippen molar-refractivity contribution in [1.29, 1.82) is 0 Å². The second kappa shape index (κ2) is 8.81. The third-order valence-electron chi connectivity index (χ3n) is 4.23. The molecule has 0 atom stereocenters. The molecule has 1 saturated heterocycles. The highest BCUT2D eigenvalue weighted by molar-refractivity contribution is 8.15. The van der Waals surface area contributed by atoms with E-state index in [2.05, 4.69) is 4.99 Å². The normalized spacial score (nSPS) is 15.3. The van der Waals surface area contributed by atoms with Crippen LogP contribution in [-0.2, 0) is 11.2 Å². The molecular weight excluding hydrogens is 364 g/mol. The van der Waals surface area contributed by atoms with Crippen LogP contribution in [0.15, 0.2) is 47.5 Å². The molecule has 27 heavy (non-hydrogen) atoms. The summed E-state index contributed by atoms with van der Waals surface area (Å²) in [6, 6.07) is 13.3. The van der Waals surface area contributed by atoms with E-state index in [0.717, 1.165) is 22.2 Å². The minimum atomic E-state index is 0.0766. The summed E-state index contributed by atoms with van der Waals surface area (Å²) in [4.78, 5) is 18.6. The van der Waals surface area contributed by atoms with Gasteiger partial charge in [0.05, 0.1) is 32.8 Å². The number of benzene rings is 2. The van der Waals surface area contributed by atoms with Gasteiger partial charge in [-0.2, -0.15) is 0 Å². The van der Waals surface area contributed by atoms with Crippen LogP contribution in [0, 0.1) is 0 Å². The van der Waals surface area contributed by atoms with Crippen LogP contribution in [0.5, 0.6) is 17.2 Å². The molecule has 0 aromatic heterocycles. The molecule has 1 amide bonds. The largest absolute Gasteiger partial charge is 0.497 e. The first-order valence-electron chi connectivity index (χ1n) is 8.51. The van der Waals surface area contributed by atoms with E-state index in [1.807, 2.05) is 42.5 Å². The number of nitrogens with zero attached hydrogens (tertiary/aromatic N) is 2. The molecule has 0 N–H and O–H groups in total. The summed E-state index contributed by atoms with van der Waals surface area (Å²) in [5.74, 6) is 2.65. The average Bonchev–Trinajstić information content (AvgIpc) is 3.05. The van der Waals surface area contributed by atoms with Crippen LogP contribution in [0.2, 0.25) is 0 Å². The second-order valence-electron chi connectivity index (χ2n) is 5.87. The molecule has 3 rings (SSSR count). The zero-order chi connectivity index (χ0) is 19.2. The predicted octanol–water partition coefficient (Wildman–Crippen LogP) is 3.52. The number of hydrogen-bond donors (Lipinski definition) is 0. The Balaban J connectivity index is 1.72. The van der Waals surface area contributed by atoms with Gasteiger partial charge in [0.1, 0.15) is 5.75 Å². The van der Waals surface area contributed by atoms with Crippen molar-refractivity contribution in [3.63, 3.8) is 0 Å². The third kappa shape index (κ3) is 4.54. The number of carbonyl (C=O) groups excluding carboxylic acids is 1. The lowest BCUT2D eigenvalue weighted by Crippen LogP contribution is -2.31. The van der Waals surface area contributed by atoms with E-state index in [4.69, 9.17) is 14.2 Å². The van der Waals surface area contributed by atoms with Crippen molar-refractivity contribution in [2.24, 2.45) is 4.99 Å². The van der Waals surface area contributed by atoms with Crippen molar-refractivity contribution in [1.82, 2.24) is 4.90 Å². The first-order valence-corrected chi connectivity index (χ1v) is 9.50. The highest BCUT2D eigenvalue weighted by atomic mass is 32.2. The summed E-state index contributed by atoms with van der Waals surface area (Å²) in [5.41, 5.74) is 1.87. The lowest BCUT2D eigenvalue weighted by molar-refractivity contribution is -0.124. The van der Waals surface area contributed by atoms with Crippen molar-refractivity contribution < 1.29 is 19.0 Å². The number of thioether (sulfide) groups is 1. The van der Waals surface area contributed by atoms with Crippen molar-refractivity contribution in [2.75, 3.05) is 33.6 Å². The highest BCUT2D eigenvalue weighted by Crippen LogP contribution is 2.29. The predicted molar refractivity (Wildman–Crippen MR) is 108 cm³/mol. The quantitative estimate of drug-likeness (QED) is 0.729. The lowest BCUT2D eigenvalue weighted by atomic mass is 10.1. The minimum absolute atomic E-state index is 0.0766. The molecular formula is C20H22N2O4S. The molecule has 6 nitrogen and oxygen atoms in total. The first-order chi connectivity index (χ1) is 13.1. The zero-order valence-electron chi connectivity index (χ0n) is 15.6. The van der Waals surface area contributed by atoms with Crippen molar-refractivity contribution >= 4 is 28.5 Å². The molecule has 1 fully saturated rings. The molecule has 142 valence electrons. The Bertz CT molecular complexity index is 836. The first kappa shape index (κ1) is 19.1. The maximum absolute atomic E-state index is 12.3. The minimum Gasteiger partial charge on any atom is -0.497 e. The van der Waals surface area contributed by atoms with Crippen LogP contribution in [0.4, 0.5) is 5.69 Å². The molecule has 2 aromatic carbocycles. The fourth-order valence-corrected chi connectivity index (χ4v) is 3.67. The molecule has 1 aliphatic heterocycles. The van der Waals surface area contributed by atoms with Crippen LogP contribution in [0.3, 0.4) is 0 Å². The Kier molecular flexibility index (Phi) is 6.24. The molecule has 2 aromatic rings. The Morgan fingerprint density at radius 3 is 2.41 bits per heavy atom. The van der Waals surface area contributed by atoms with Crippen molar-refractivity contribution in [3.05, 3.63) is 48.0 Å². The smallest absolute Gasteiger partial charge is 0.239 e. The average molecular weight is 386 g/mol. The van der Waals surface area contributed by atoms with Gasteiger partial charge in [-0.1, -0.05) is 17.8 Å². The number of amides is 1. The van der Waals surface area contributed by atoms with Crippen LogP contribution in [0.25, 0.3) is 0 Å². The van der Waals surface area contributed by atoms with Crippen LogP contribution >= 0.6 is 11.8 Å². The number of methoxy groups -OCH3 is 3. The zero-order valence-corrected chi connectivity index (χ0v) is 16.4. The van der Waals surface area contributed by atoms with Gasteiger partial charge in [-0.3, -0.25) is 9.69 Å². The van der Waals surface area contributed by atoms with E-state index in [9.17, 15) is 4.79 Å². The van der Waals surface area contributed by atoms with Crippen LogP contribution < -0.4 is 14.2 Å². The second-order valence-corrected chi connectivity index (χ2v) is 6.81. The number of rotatable bonds is 7. The van der Waals surface area contributed by atoms with Gasteiger partial charge in [0, 0.05) is 6.54 Å². The molecule has 7 heteroatoms. The number of amidine groups is 1. The SMILES string of the molecule is COc1ccc(N=C2SCC(=O)N2CCc2ccc(OC)c(OC)c2)cc1. The summed E-state index contributed by atoms with van der Waals surface area (Å²) in [6.07, 6.45) is 0.703. The standard InChI is InChI=1S/C20H22N2O4S/c1-24-16-7-5-15(6-8-16)21-20-22(19(23)13-27-20)11-10-14-4-9-17(25-2)18(12-14)26-3/h4-9,12H,10-11,13H2,1-3H3. The van der Waals surface area contributed by atoms with Gasteiger partial charge in [-0.05, 0) is 48.4 Å². The van der Waals surface area contributed by atoms with E-state index in [1.165, 1.54) is 11.8 Å². The van der Waals surface area contributed by atoms with E-state index in [-0.39, 0.29) is 5.91 Å². The van der Waals surface area contributed by atoms with Gasteiger partial charge in [0.15, 0.2) is 16.7 Å². The third-order valence-corrected chi connectivity index (χ3v) is 5.19. The number of carbonyl (C=O) groups is 1. The molecule has 1 heterocycles. The lowest BCUT2D eigenvalue weighted by Gasteiger charge is -2.16. The molecule has 0 spiro atoms. The summed E-state index contributed by atoms with van der Waals surface area (Å²) in [7, 11) is 4.85. The van der Waals surface area contributed by atoms with Gasteiger partial charge in [-0.25, -0.2) is 4.99 Å². The fourth-order valence-electron chi connectivity index (χ4n) is 2.75. The molecule has 0 saturated carbocycles. The van der Waals surface area contributed by atoms with Crippen LogP contribution in [-0.4, -0.2) is 49.6 Å². The molecule has 0 bridgehead atoms. The molecule has 0 unspecified atom stereocenters. The topological polar surface area (TPSA) is 60.4 Å². The Morgan fingerprint density at radius 2 is 1.74 bits per heavy atom. The number of aliphatic imine (C=N–C) groups is 1. The van der Waals surface area contributed by atoms with Gasteiger partial charge >= 0.3 is 0 Å². The molecule has 0 aliphatic carbocycles. The van der Waals surface area contributed by atoms with Gasteiger partial charge < -0.3 is 14.2 Å². The van der Waals surface area contributed by atoms with Crippen LogP contribution in [0.1, 0.15) is 5.56 Å². The Morgan fingerprint density at radius 1 is 1.00 bits per heavy atom. The summed E-state index contributed by atoms with van der Waals surface area (Å²) < 4.78 is 15.8. The highest BCUT2D eigenvalue weighted by Gasteiger charge is 2.27. The van der Waals surface area contributed by atoms with E-state index < -0.39 is 0 Å². The van der Waals surface area contributed by atoms with Crippen molar-refractivity contribution in [3.8, 4) is 17.2 Å². The van der Waals surface area contributed by atoms with Crippen molar-refractivity contribution in [2.45, 2.75) is 6.42 Å². The van der Waals surface area contributed by atoms with Gasteiger partial charge in [0.25, 0.3) is 0 Å². The number of hydrogen-bond acceptors (Lipinski definition) is 6. The van der Waals surface area contributed by atoms with E-state index in [0.29, 0.717) is 30.2 Å². The van der Waals surface area contributed by atoms with Gasteiger partial charge in [0.2, 0.25) is 5.91 Å². The maximum atomic E-state index is 12.3. The molecule has 0 radical (unpaired) electrons. The van der Waals surface area contributed by atoms with E-state index in [1.54, 1.807) is 26.2 Å². The Hall–Kier alpha value is -2.67. The summed E-state index contributed by atoms with van der Waals surface area (Å²) >= 11 is 1.46. The summed E-state index contributed by atoms with van der Waals surface area (Å²) in [5, 5.41) is 0.727. The molecule has 1 aliphatic rings. The fraction of sp³-hybridized carbons (Fsp3) is 0.300. The Labute approximate surface area is 163 Å². The number of ether oxygens (including phenoxy) is 3. The van der Waals surface area contributed by atoms with Gasteiger partial charge in [-0.15, -0.1) is 0 Å².